The van der Waals surface area contributed by atoms with Crippen LogP contribution in [0.5, 0.6) is 11.5 Å². The van der Waals surface area contributed by atoms with Crippen LogP contribution in [0.4, 0.5) is 0 Å². The molecule has 0 unspecified atom stereocenters. The lowest BCUT2D eigenvalue weighted by molar-refractivity contribution is 0.101. The maximum atomic E-state index is 11.4. The molecule has 0 N–H and O–H groups in total. The van der Waals surface area contributed by atoms with E-state index in [4.69, 9.17) is 16.3 Å². The number of ketones is 1. The van der Waals surface area contributed by atoms with E-state index in [1.165, 1.54) is 6.92 Å². The van der Waals surface area contributed by atoms with E-state index in [0.29, 0.717) is 16.3 Å². The Morgan fingerprint density at radius 3 is 2.29 bits per heavy atom. The molecule has 0 aliphatic heterocycles. The minimum Gasteiger partial charge on any atom is -0.455 e. The van der Waals surface area contributed by atoms with Crippen LogP contribution in [0.2, 0.25) is 5.02 Å². The molecule has 110 valence electrons. The van der Waals surface area contributed by atoms with Crippen molar-refractivity contribution in [2.45, 2.75) is 33.1 Å². The molecule has 0 spiro atoms. The molecule has 0 atom stereocenters. The average Bonchev–Trinajstić information content (AvgIpc) is 2.40. The van der Waals surface area contributed by atoms with Gasteiger partial charge in [-0.2, -0.15) is 0 Å². The predicted octanol–water partition coefficient (Wildman–Crippen LogP) is 5.63. The van der Waals surface area contributed by atoms with Crippen LogP contribution in [-0.4, -0.2) is 5.78 Å². The van der Waals surface area contributed by atoms with E-state index in [2.05, 4.69) is 20.8 Å². The Kier molecular flexibility index (Phi) is 4.38. The molecule has 2 aromatic rings. The lowest BCUT2D eigenvalue weighted by atomic mass is 9.86. The highest BCUT2D eigenvalue weighted by molar-refractivity contribution is 6.32. The first-order valence-electron chi connectivity index (χ1n) is 6.87. The Bertz CT molecular complexity index is 669. The smallest absolute Gasteiger partial charge is 0.159 e. The maximum absolute atomic E-state index is 11.4. The number of carbonyl (C=O) groups is 1. The molecule has 2 rings (SSSR count). The summed E-state index contributed by atoms with van der Waals surface area (Å²) < 4.78 is 5.96. The van der Waals surface area contributed by atoms with E-state index in [9.17, 15) is 4.79 Å². The number of para-hydroxylation sites is 1. The fourth-order valence-corrected chi connectivity index (χ4v) is 2.32. The third-order valence-corrected chi connectivity index (χ3v) is 3.55. The summed E-state index contributed by atoms with van der Waals surface area (Å²) in [6.07, 6.45) is 0. The molecular weight excluding hydrogens is 284 g/mol. The number of halogens is 1. The van der Waals surface area contributed by atoms with Gasteiger partial charge in [0.15, 0.2) is 5.78 Å². The van der Waals surface area contributed by atoms with Crippen molar-refractivity contribution < 1.29 is 9.53 Å². The summed E-state index contributed by atoms with van der Waals surface area (Å²) >= 11 is 6.21. The van der Waals surface area contributed by atoms with E-state index in [0.717, 1.165) is 11.3 Å². The fourth-order valence-electron chi connectivity index (χ4n) is 2.10. The molecule has 0 heterocycles. The van der Waals surface area contributed by atoms with Gasteiger partial charge in [-0.3, -0.25) is 4.79 Å². The molecule has 0 bridgehead atoms. The van der Waals surface area contributed by atoms with Crippen molar-refractivity contribution in [3.8, 4) is 11.5 Å². The molecule has 0 aliphatic rings. The van der Waals surface area contributed by atoms with Gasteiger partial charge in [0.1, 0.15) is 11.5 Å². The summed E-state index contributed by atoms with van der Waals surface area (Å²) in [6, 6.07) is 13.0. The quantitative estimate of drug-likeness (QED) is 0.687. The number of Topliss-reactive ketones (excluding diaryl/α,β-unsaturated/α-hetero) is 1. The molecule has 0 fully saturated rings. The van der Waals surface area contributed by atoms with Crippen LogP contribution >= 0.6 is 11.6 Å². The van der Waals surface area contributed by atoms with Crippen molar-refractivity contribution in [3.05, 3.63) is 58.6 Å². The average molecular weight is 303 g/mol. The summed E-state index contributed by atoms with van der Waals surface area (Å²) in [5, 5.41) is 0.436. The number of rotatable bonds is 3. The van der Waals surface area contributed by atoms with Crippen LogP contribution in [0.15, 0.2) is 42.5 Å². The van der Waals surface area contributed by atoms with Gasteiger partial charge in [0.05, 0.1) is 5.02 Å². The molecule has 0 saturated heterocycles. The Morgan fingerprint density at radius 2 is 1.71 bits per heavy atom. The van der Waals surface area contributed by atoms with Crippen molar-refractivity contribution >= 4 is 17.4 Å². The first-order chi connectivity index (χ1) is 9.79. The van der Waals surface area contributed by atoms with Gasteiger partial charge < -0.3 is 4.74 Å². The van der Waals surface area contributed by atoms with Crippen molar-refractivity contribution in [1.82, 2.24) is 0 Å². The zero-order valence-corrected chi connectivity index (χ0v) is 13.5. The van der Waals surface area contributed by atoms with Gasteiger partial charge in [0.2, 0.25) is 0 Å². The summed E-state index contributed by atoms with van der Waals surface area (Å²) in [6.45, 7) is 7.92. The Morgan fingerprint density at radius 1 is 1.05 bits per heavy atom. The second-order valence-electron chi connectivity index (χ2n) is 6.05. The summed E-state index contributed by atoms with van der Waals surface area (Å²) in [7, 11) is 0. The van der Waals surface area contributed by atoms with Gasteiger partial charge >= 0.3 is 0 Å². The van der Waals surface area contributed by atoms with E-state index in [1.54, 1.807) is 18.2 Å². The molecule has 0 aliphatic carbocycles. The standard InChI is InChI=1S/C18H19ClO2/c1-12(20)13-9-10-17(15(19)11-13)21-16-8-6-5-7-14(16)18(2,3)4/h5-11H,1-4H3. The molecule has 2 aromatic carbocycles. The topological polar surface area (TPSA) is 26.3 Å². The highest BCUT2D eigenvalue weighted by Crippen LogP contribution is 2.36. The zero-order chi connectivity index (χ0) is 15.6. The van der Waals surface area contributed by atoms with Crippen molar-refractivity contribution in [2.24, 2.45) is 0 Å². The van der Waals surface area contributed by atoms with Crippen LogP contribution in [0.25, 0.3) is 0 Å². The maximum Gasteiger partial charge on any atom is 0.159 e. The normalized spacial score (nSPS) is 11.3. The Hall–Kier alpha value is -1.80. The Balaban J connectivity index is 2.38. The highest BCUT2D eigenvalue weighted by atomic mass is 35.5. The monoisotopic (exact) mass is 302 g/mol. The number of benzene rings is 2. The SMILES string of the molecule is CC(=O)c1ccc(Oc2ccccc2C(C)(C)C)c(Cl)c1. The van der Waals surface area contributed by atoms with Crippen molar-refractivity contribution in [1.29, 1.82) is 0 Å². The fraction of sp³-hybridized carbons (Fsp3) is 0.278. The Labute approximate surface area is 130 Å². The summed E-state index contributed by atoms with van der Waals surface area (Å²) in [5.74, 6) is 1.32. The van der Waals surface area contributed by atoms with Crippen LogP contribution < -0.4 is 4.74 Å². The van der Waals surface area contributed by atoms with E-state index >= 15 is 0 Å². The van der Waals surface area contributed by atoms with Crippen LogP contribution in [-0.2, 0) is 5.41 Å². The molecular formula is C18H19ClO2. The molecule has 0 radical (unpaired) electrons. The predicted molar refractivity (Wildman–Crippen MR) is 86.7 cm³/mol. The first-order valence-corrected chi connectivity index (χ1v) is 7.24. The molecule has 0 aromatic heterocycles. The third-order valence-electron chi connectivity index (χ3n) is 3.25. The summed E-state index contributed by atoms with van der Waals surface area (Å²) in [4.78, 5) is 11.4. The molecule has 21 heavy (non-hydrogen) atoms. The molecule has 0 saturated carbocycles. The van der Waals surface area contributed by atoms with Gasteiger partial charge in [-0.05, 0) is 36.6 Å². The lowest BCUT2D eigenvalue weighted by Gasteiger charge is -2.22. The van der Waals surface area contributed by atoms with E-state index in [-0.39, 0.29) is 11.2 Å². The molecule has 3 heteroatoms. The van der Waals surface area contributed by atoms with Gasteiger partial charge in [0.25, 0.3) is 0 Å². The van der Waals surface area contributed by atoms with Gasteiger partial charge in [-0.25, -0.2) is 0 Å². The molecule has 0 amide bonds. The number of carbonyl (C=O) groups excluding carboxylic acids is 1. The minimum absolute atomic E-state index is 0.0152. The van der Waals surface area contributed by atoms with Crippen molar-refractivity contribution in [3.63, 3.8) is 0 Å². The molecule has 2 nitrogen and oxygen atoms in total. The van der Waals surface area contributed by atoms with Gasteiger partial charge in [0, 0.05) is 11.1 Å². The summed E-state index contributed by atoms with van der Waals surface area (Å²) in [5.41, 5.74) is 1.66. The second-order valence-corrected chi connectivity index (χ2v) is 6.46. The minimum atomic E-state index is -0.0254. The van der Waals surface area contributed by atoms with Crippen LogP contribution in [0, 0.1) is 0 Å². The van der Waals surface area contributed by atoms with E-state index in [1.807, 2.05) is 24.3 Å². The largest absolute Gasteiger partial charge is 0.455 e. The number of hydrogen-bond acceptors (Lipinski definition) is 2. The lowest BCUT2D eigenvalue weighted by Crippen LogP contribution is -2.12. The van der Waals surface area contributed by atoms with Crippen LogP contribution in [0.3, 0.4) is 0 Å². The van der Waals surface area contributed by atoms with E-state index < -0.39 is 0 Å². The first kappa shape index (κ1) is 15.6. The third kappa shape index (κ3) is 3.64. The second kappa shape index (κ2) is 5.90. The number of hydrogen-bond donors (Lipinski definition) is 0. The zero-order valence-electron chi connectivity index (χ0n) is 12.7. The number of ether oxygens (including phenoxy) is 1. The highest BCUT2D eigenvalue weighted by Gasteiger charge is 2.19. The van der Waals surface area contributed by atoms with Crippen molar-refractivity contribution in [2.75, 3.05) is 0 Å². The van der Waals surface area contributed by atoms with Crippen LogP contribution in [0.1, 0.15) is 43.6 Å². The van der Waals surface area contributed by atoms with Gasteiger partial charge in [-0.1, -0.05) is 50.6 Å². The van der Waals surface area contributed by atoms with Gasteiger partial charge in [-0.15, -0.1) is 0 Å².